The van der Waals surface area contributed by atoms with Crippen LogP contribution in [0.15, 0.2) is 21.0 Å². The third-order valence-corrected chi connectivity index (χ3v) is 2.04. The molecule has 0 unspecified atom stereocenters. The zero-order valence-corrected chi connectivity index (χ0v) is 8.91. The van der Waals surface area contributed by atoms with E-state index in [2.05, 4.69) is 9.40 Å². The van der Waals surface area contributed by atoms with E-state index in [-0.39, 0.29) is 5.76 Å². The number of aromatic nitrogens is 1. The van der Waals surface area contributed by atoms with Crippen molar-refractivity contribution in [2.45, 2.75) is 13.1 Å². The van der Waals surface area contributed by atoms with E-state index in [9.17, 15) is 18.0 Å². The predicted molar refractivity (Wildman–Crippen MR) is 50.9 cm³/mol. The molecule has 0 aliphatic heterocycles. The Balaban J connectivity index is 2.56. The number of halogens is 3. The van der Waals surface area contributed by atoms with Crippen molar-refractivity contribution in [2.24, 2.45) is 0 Å². The lowest BCUT2D eigenvalue weighted by molar-refractivity contribution is -0.141. The predicted octanol–water partition coefficient (Wildman–Crippen LogP) is 2.96. The molecular weight excluding hydrogens is 255 g/mol. The molecule has 0 saturated carbocycles. The molecule has 2 rings (SSSR count). The van der Waals surface area contributed by atoms with Gasteiger partial charge in [0.1, 0.15) is 5.76 Å². The number of hydrogen-bond acceptors (Lipinski definition) is 4. The Morgan fingerprint density at radius 1 is 1.33 bits per heavy atom. The summed E-state index contributed by atoms with van der Waals surface area (Å²) < 4.78 is 47.2. The third-order valence-electron chi connectivity index (χ3n) is 2.04. The minimum Gasteiger partial charge on any atom is -0.475 e. The maximum Gasteiger partial charge on any atom is 0.437 e. The van der Waals surface area contributed by atoms with Gasteiger partial charge < -0.3 is 13.9 Å². The summed E-state index contributed by atoms with van der Waals surface area (Å²) in [6, 6.07) is 2.83. The molecule has 0 saturated heterocycles. The highest BCUT2D eigenvalue weighted by atomic mass is 19.4. The Labute approximate surface area is 97.8 Å². The summed E-state index contributed by atoms with van der Waals surface area (Å²) in [7, 11) is 0. The van der Waals surface area contributed by atoms with Crippen LogP contribution in [0.2, 0.25) is 0 Å². The lowest BCUT2D eigenvalue weighted by Crippen LogP contribution is -2.11. The van der Waals surface area contributed by atoms with Crippen molar-refractivity contribution in [3.8, 4) is 11.7 Å². The Bertz CT molecular complexity index is 597. The van der Waals surface area contributed by atoms with Crippen LogP contribution >= 0.6 is 0 Å². The van der Waals surface area contributed by atoms with Gasteiger partial charge in [-0.1, -0.05) is 0 Å². The smallest absolute Gasteiger partial charge is 0.437 e. The molecule has 2 aromatic heterocycles. The lowest BCUT2D eigenvalue weighted by atomic mass is 10.3. The van der Waals surface area contributed by atoms with Gasteiger partial charge in [0.25, 0.3) is 5.89 Å². The van der Waals surface area contributed by atoms with Crippen molar-refractivity contribution in [3.63, 3.8) is 0 Å². The molecule has 18 heavy (non-hydrogen) atoms. The SMILES string of the molecule is Cc1ccc(-c2nc(C(F)(F)F)c(C(=O)O)o2)o1. The van der Waals surface area contributed by atoms with E-state index >= 15 is 0 Å². The lowest BCUT2D eigenvalue weighted by Gasteiger charge is -2.00. The molecule has 2 heterocycles. The average Bonchev–Trinajstić information content (AvgIpc) is 2.81. The number of aromatic carboxylic acids is 1. The highest BCUT2D eigenvalue weighted by molar-refractivity contribution is 5.86. The van der Waals surface area contributed by atoms with E-state index in [0.29, 0.717) is 5.76 Å². The quantitative estimate of drug-likeness (QED) is 0.899. The van der Waals surface area contributed by atoms with Crippen LogP contribution in [0, 0.1) is 6.92 Å². The fourth-order valence-corrected chi connectivity index (χ4v) is 1.31. The van der Waals surface area contributed by atoms with Crippen LogP contribution in [0.4, 0.5) is 13.2 Å². The topological polar surface area (TPSA) is 76.5 Å². The second-order valence-corrected chi connectivity index (χ2v) is 3.41. The number of furan rings is 1. The van der Waals surface area contributed by atoms with Crippen LogP contribution in [-0.4, -0.2) is 16.1 Å². The van der Waals surface area contributed by atoms with Gasteiger partial charge in [-0.05, 0) is 19.1 Å². The molecule has 96 valence electrons. The number of oxazole rings is 1. The van der Waals surface area contributed by atoms with Crippen LogP contribution in [0.1, 0.15) is 22.0 Å². The van der Waals surface area contributed by atoms with E-state index in [1.165, 1.54) is 12.1 Å². The molecule has 0 aliphatic carbocycles. The molecule has 0 fully saturated rings. The minimum absolute atomic E-state index is 0.0644. The molecule has 0 spiro atoms. The van der Waals surface area contributed by atoms with Crippen molar-refractivity contribution in [1.82, 2.24) is 4.98 Å². The average molecular weight is 261 g/mol. The first-order valence-corrected chi connectivity index (χ1v) is 4.67. The number of carboxylic acid groups (broad SMARTS) is 1. The van der Waals surface area contributed by atoms with Gasteiger partial charge in [-0.25, -0.2) is 9.78 Å². The Morgan fingerprint density at radius 3 is 2.39 bits per heavy atom. The zero-order chi connectivity index (χ0) is 13.5. The van der Waals surface area contributed by atoms with Gasteiger partial charge in [-0.3, -0.25) is 0 Å². The summed E-state index contributed by atoms with van der Waals surface area (Å²) in [4.78, 5) is 13.8. The maximum absolute atomic E-state index is 12.5. The summed E-state index contributed by atoms with van der Waals surface area (Å²) >= 11 is 0. The summed E-state index contributed by atoms with van der Waals surface area (Å²) in [5.74, 6) is -3.25. The molecule has 0 aliphatic rings. The fraction of sp³-hybridized carbons (Fsp3) is 0.200. The summed E-state index contributed by atoms with van der Waals surface area (Å²) in [5.41, 5.74) is -1.58. The van der Waals surface area contributed by atoms with Gasteiger partial charge in [0.15, 0.2) is 11.5 Å². The van der Waals surface area contributed by atoms with E-state index in [1.807, 2.05) is 0 Å². The summed E-state index contributed by atoms with van der Waals surface area (Å²) in [5, 5.41) is 8.63. The summed E-state index contributed by atoms with van der Waals surface area (Å²) in [6.07, 6.45) is -4.91. The number of nitrogens with zero attached hydrogens (tertiary/aromatic N) is 1. The van der Waals surface area contributed by atoms with Gasteiger partial charge in [0, 0.05) is 0 Å². The first kappa shape index (κ1) is 12.2. The van der Waals surface area contributed by atoms with Gasteiger partial charge in [-0.2, -0.15) is 13.2 Å². The molecule has 0 radical (unpaired) electrons. The highest BCUT2D eigenvalue weighted by Crippen LogP contribution is 2.34. The minimum atomic E-state index is -4.91. The maximum atomic E-state index is 12.5. The zero-order valence-electron chi connectivity index (χ0n) is 8.91. The molecular formula is C10H6F3NO4. The second-order valence-electron chi connectivity index (χ2n) is 3.41. The van der Waals surface area contributed by atoms with E-state index in [4.69, 9.17) is 9.52 Å². The molecule has 0 bridgehead atoms. The first-order chi connectivity index (χ1) is 8.29. The van der Waals surface area contributed by atoms with Gasteiger partial charge in [0.05, 0.1) is 0 Å². The van der Waals surface area contributed by atoms with E-state index < -0.39 is 29.5 Å². The standard InChI is InChI=1S/C10H6F3NO4/c1-4-2-3-5(17-4)8-14-7(10(11,12)13)6(18-8)9(15)16/h2-3H,1H3,(H,15,16). The van der Waals surface area contributed by atoms with Crippen molar-refractivity contribution >= 4 is 5.97 Å². The molecule has 0 aromatic carbocycles. The van der Waals surface area contributed by atoms with E-state index in [0.717, 1.165) is 0 Å². The number of rotatable bonds is 2. The molecule has 8 heteroatoms. The van der Waals surface area contributed by atoms with Crippen LogP contribution in [0.3, 0.4) is 0 Å². The van der Waals surface area contributed by atoms with Crippen molar-refractivity contribution < 1.29 is 31.9 Å². The Hall–Kier alpha value is -2.25. The Kier molecular flexibility index (Phi) is 2.64. The largest absolute Gasteiger partial charge is 0.475 e. The number of alkyl halides is 3. The number of aryl methyl sites for hydroxylation is 1. The highest BCUT2D eigenvalue weighted by Gasteiger charge is 2.41. The first-order valence-electron chi connectivity index (χ1n) is 4.67. The fourth-order valence-electron chi connectivity index (χ4n) is 1.31. The number of hydrogen-bond donors (Lipinski definition) is 1. The monoisotopic (exact) mass is 261 g/mol. The van der Waals surface area contributed by atoms with Crippen molar-refractivity contribution in [1.29, 1.82) is 0 Å². The van der Waals surface area contributed by atoms with Crippen LogP contribution in [-0.2, 0) is 6.18 Å². The van der Waals surface area contributed by atoms with Crippen molar-refractivity contribution in [2.75, 3.05) is 0 Å². The molecule has 0 amide bonds. The number of carboxylic acids is 1. The summed E-state index contributed by atoms with van der Waals surface area (Å²) in [6.45, 7) is 1.58. The molecule has 1 N–H and O–H groups in total. The van der Waals surface area contributed by atoms with E-state index in [1.54, 1.807) is 6.92 Å². The Morgan fingerprint density at radius 2 is 2.00 bits per heavy atom. The van der Waals surface area contributed by atoms with Gasteiger partial charge in [-0.15, -0.1) is 0 Å². The second kappa shape index (κ2) is 3.90. The molecule has 5 nitrogen and oxygen atoms in total. The van der Waals surface area contributed by atoms with Crippen molar-refractivity contribution in [3.05, 3.63) is 29.3 Å². The molecule has 2 aromatic rings. The van der Waals surface area contributed by atoms with Crippen LogP contribution < -0.4 is 0 Å². The van der Waals surface area contributed by atoms with Crippen LogP contribution in [0.5, 0.6) is 0 Å². The molecule has 0 atom stereocenters. The normalized spacial score (nSPS) is 11.8. The van der Waals surface area contributed by atoms with Crippen LogP contribution in [0.25, 0.3) is 11.7 Å². The van der Waals surface area contributed by atoms with Gasteiger partial charge in [0.2, 0.25) is 5.76 Å². The van der Waals surface area contributed by atoms with Gasteiger partial charge >= 0.3 is 12.1 Å². The third kappa shape index (κ3) is 2.08. The number of carbonyl (C=O) groups is 1.